The first-order chi connectivity index (χ1) is 8.52. The van der Waals surface area contributed by atoms with Crippen molar-refractivity contribution in [2.75, 3.05) is 6.54 Å². The molecule has 0 aliphatic carbocycles. The second-order valence-corrected chi connectivity index (χ2v) is 5.35. The summed E-state index contributed by atoms with van der Waals surface area (Å²) < 4.78 is 0. The number of benzene rings is 1. The quantitative estimate of drug-likeness (QED) is 0.928. The zero-order valence-electron chi connectivity index (χ0n) is 10.1. The van der Waals surface area contributed by atoms with E-state index in [0.717, 1.165) is 24.1 Å². The number of hydrogen-bond acceptors (Lipinski definition) is 2. The molecule has 98 valence electrons. The van der Waals surface area contributed by atoms with Crippen LogP contribution in [-0.2, 0) is 17.8 Å². The van der Waals surface area contributed by atoms with Crippen LogP contribution in [0.4, 0.5) is 0 Å². The molecular formula is C13H15Cl2NO2. The molecule has 1 atom stereocenters. The fourth-order valence-corrected chi connectivity index (χ4v) is 3.05. The maximum Gasteiger partial charge on any atom is 0.320 e. The average Bonchev–Trinajstić information content (AvgIpc) is 2.30. The number of halogens is 2. The lowest BCUT2D eigenvalue weighted by atomic mass is 9.98. The Morgan fingerprint density at radius 2 is 2.22 bits per heavy atom. The largest absolute Gasteiger partial charge is 0.480 e. The molecule has 0 saturated heterocycles. The highest BCUT2D eigenvalue weighted by Gasteiger charge is 2.28. The van der Waals surface area contributed by atoms with E-state index in [1.807, 2.05) is 17.9 Å². The fraction of sp³-hybridized carbons (Fsp3) is 0.462. The molecule has 0 unspecified atom stereocenters. The summed E-state index contributed by atoms with van der Waals surface area (Å²) in [5.74, 6) is -0.772. The van der Waals surface area contributed by atoms with Crippen molar-refractivity contribution in [2.45, 2.75) is 32.4 Å². The van der Waals surface area contributed by atoms with Crippen LogP contribution in [0.15, 0.2) is 12.1 Å². The number of carboxylic acids is 1. The van der Waals surface area contributed by atoms with E-state index in [2.05, 4.69) is 0 Å². The first-order valence-corrected chi connectivity index (χ1v) is 6.72. The van der Waals surface area contributed by atoms with Crippen LogP contribution in [-0.4, -0.2) is 28.6 Å². The highest BCUT2D eigenvalue weighted by atomic mass is 35.5. The molecule has 0 radical (unpaired) electrons. The predicted octanol–water partition coefficient (Wildman–Crippen LogP) is 3.21. The summed E-state index contributed by atoms with van der Waals surface area (Å²) >= 11 is 12.1. The minimum absolute atomic E-state index is 0.440. The molecule has 2 rings (SSSR count). The Hall–Kier alpha value is -0.770. The number of nitrogens with zero attached hydrogens (tertiary/aromatic N) is 1. The van der Waals surface area contributed by atoms with Crippen molar-refractivity contribution in [3.8, 4) is 0 Å². The first-order valence-electron chi connectivity index (χ1n) is 5.96. The Balaban J connectivity index is 2.27. The Morgan fingerprint density at radius 1 is 1.50 bits per heavy atom. The van der Waals surface area contributed by atoms with Crippen molar-refractivity contribution < 1.29 is 9.90 Å². The van der Waals surface area contributed by atoms with E-state index in [4.69, 9.17) is 23.2 Å². The summed E-state index contributed by atoms with van der Waals surface area (Å²) in [5, 5.41) is 10.5. The molecule has 1 heterocycles. The highest BCUT2D eigenvalue weighted by Crippen LogP contribution is 2.30. The molecule has 1 N–H and O–H groups in total. The average molecular weight is 288 g/mol. The van der Waals surface area contributed by atoms with Gasteiger partial charge in [-0.3, -0.25) is 9.69 Å². The molecule has 0 amide bonds. The van der Waals surface area contributed by atoms with Crippen molar-refractivity contribution >= 4 is 29.2 Å². The number of carbonyl (C=O) groups is 1. The van der Waals surface area contributed by atoms with E-state index >= 15 is 0 Å². The van der Waals surface area contributed by atoms with Crippen molar-refractivity contribution in [1.29, 1.82) is 0 Å². The lowest BCUT2D eigenvalue weighted by molar-refractivity contribution is -0.143. The lowest BCUT2D eigenvalue weighted by Gasteiger charge is -2.33. The van der Waals surface area contributed by atoms with Gasteiger partial charge in [0.25, 0.3) is 0 Å². The third-order valence-electron chi connectivity index (χ3n) is 3.39. The monoisotopic (exact) mass is 287 g/mol. The molecule has 1 aliphatic heterocycles. The Labute approximate surface area is 116 Å². The van der Waals surface area contributed by atoms with Crippen molar-refractivity contribution in [2.24, 2.45) is 0 Å². The van der Waals surface area contributed by atoms with Crippen LogP contribution in [0.25, 0.3) is 0 Å². The maximum atomic E-state index is 11.2. The molecule has 3 nitrogen and oxygen atoms in total. The van der Waals surface area contributed by atoms with Gasteiger partial charge in [0.2, 0.25) is 0 Å². The van der Waals surface area contributed by atoms with Gasteiger partial charge in [-0.25, -0.2) is 0 Å². The third kappa shape index (κ3) is 2.63. The minimum Gasteiger partial charge on any atom is -0.480 e. The topological polar surface area (TPSA) is 40.5 Å². The molecule has 0 saturated carbocycles. The number of rotatable bonds is 3. The second-order valence-electron chi connectivity index (χ2n) is 4.51. The summed E-state index contributed by atoms with van der Waals surface area (Å²) in [6, 6.07) is 3.19. The van der Waals surface area contributed by atoms with Gasteiger partial charge in [-0.2, -0.15) is 0 Å². The number of fused-ring (bicyclic) bond motifs is 1. The van der Waals surface area contributed by atoms with E-state index in [-0.39, 0.29) is 0 Å². The summed E-state index contributed by atoms with van der Waals surface area (Å²) in [6.45, 7) is 3.20. The van der Waals surface area contributed by atoms with E-state index in [1.54, 1.807) is 6.07 Å². The van der Waals surface area contributed by atoms with Gasteiger partial charge in [0.1, 0.15) is 6.04 Å². The van der Waals surface area contributed by atoms with Crippen LogP contribution >= 0.6 is 23.2 Å². The molecule has 1 aromatic carbocycles. The number of hydrogen-bond donors (Lipinski definition) is 1. The standard InChI is InChI=1S/C13H15Cl2NO2/c1-2-12(13(17)18)16-4-3-8-5-9(14)6-11(15)10(8)7-16/h5-6,12H,2-4,7H2,1H3,(H,17,18)/t12-/m1/s1. The van der Waals surface area contributed by atoms with Crippen molar-refractivity contribution in [3.05, 3.63) is 33.3 Å². The van der Waals surface area contributed by atoms with Crippen LogP contribution in [0.2, 0.25) is 10.0 Å². The van der Waals surface area contributed by atoms with Crippen LogP contribution in [0.3, 0.4) is 0 Å². The lowest BCUT2D eigenvalue weighted by Crippen LogP contribution is -2.43. The number of carboxylic acid groups (broad SMARTS) is 1. The Bertz CT molecular complexity index is 476. The van der Waals surface area contributed by atoms with Gasteiger partial charge in [-0.1, -0.05) is 30.1 Å². The van der Waals surface area contributed by atoms with Crippen LogP contribution in [0.5, 0.6) is 0 Å². The molecule has 0 aromatic heterocycles. The van der Waals surface area contributed by atoms with Gasteiger partial charge in [0.05, 0.1) is 0 Å². The van der Waals surface area contributed by atoms with Crippen LogP contribution in [0, 0.1) is 0 Å². The number of aliphatic carboxylic acids is 1. The van der Waals surface area contributed by atoms with Gasteiger partial charge in [-0.05, 0) is 36.1 Å². The molecular weight excluding hydrogens is 273 g/mol. The fourth-order valence-electron chi connectivity index (χ4n) is 2.46. The first kappa shape index (κ1) is 13.7. The third-order valence-corrected chi connectivity index (χ3v) is 3.95. The van der Waals surface area contributed by atoms with Gasteiger partial charge in [-0.15, -0.1) is 0 Å². The summed E-state index contributed by atoms with van der Waals surface area (Å²) in [6.07, 6.45) is 1.38. The van der Waals surface area contributed by atoms with E-state index in [0.29, 0.717) is 23.0 Å². The van der Waals surface area contributed by atoms with Crippen LogP contribution in [0.1, 0.15) is 24.5 Å². The molecule has 0 fully saturated rings. The summed E-state index contributed by atoms with van der Waals surface area (Å²) in [7, 11) is 0. The SMILES string of the molecule is CC[C@H](C(=O)O)N1CCc2cc(Cl)cc(Cl)c2C1. The normalized spacial score (nSPS) is 17.3. The van der Waals surface area contributed by atoms with Crippen LogP contribution < -0.4 is 0 Å². The zero-order valence-corrected chi connectivity index (χ0v) is 11.6. The molecule has 0 bridgehead atoms. The molecule has 1 aliphatic rings. The van der Waals surface area contributed by atoms with Crippen molar-refractivity contribution in [1.82, 2.24) is 4.90 Å². The van der Waals surface area contributed by atoms with Gasteiger partial charge >= 0.3 is 5.97 Å². The van der Waals surface area contributed by atoms with Crippen molar-refractivity contribution in [3.63, 3.8) is 0 Å². The smallest absolute Gasteiger partial charge is 0.320 e. The maximum absolute atomic E-state index is 11.2. The van der Waals surface area contributed by atoms with E-state index in [1.165, 1.54) is 0 Å². The second kappa shape index (κ2) is 5.47. The summed E-state index contributed by atoms with van der Waals surface area (Å²) in [5.41, 5.74) is 2.14. The molecule has 5 heteroatoms. The predicted molar refractivity (Wildman–Crippen MR) is 72.3 cm³/mol. The molecule has 18 heavy (non-hydrogen) atoms. The Morgan fingerprint density at radius 3 is 2.83 bits per heavy atom. The zero-order chi connectivity index (χ0) is 13.3. The van der Waals surface area contributed by atoms with Gasteiger partial charge in [0.15, 0.2) is 0 Å². The van der Waals surface area contributed by atoms with E-state index in [9.17, 15) is 9.90 Å². The van der Waals surface area contributed by atoms with E-state index < -0.39 is 12.0 Å². The summed E-state index contributed by atoms with van der Waals surface area (Å²) in [4.78, 5) is 13.1. The van der Waals surface area contributed by atoms with Gasteiger partial charge in [0, 0.05) is 23.1 Å². The minimum atomic E-state index is -0.772. The Kier molecular flexibility index (Phi) is 4.15. The van der Waals surface area contributed by atoms with Gasteiger partial charge < -0.3 is 5.11 Å². The highest BCUT2D eigenvalue weighted by molar-refractivity contribution is 6.35. The molecule has 1 aromatic rings. The molecule has 0 spiro atoms.